The van der Waals surface area contributed by atoms with E-state index < -0.39 is 0 Å². The number of aromatic amines is 1. The molecular weight excluding hydrogens is 396 g/mol. The quantitative estimate of drug-likeness (QED) is 0.704. The van der Waals surface area contributed by atoms with E-state index >= 15 is 0 Å². The minimum Gasteiger partial charge on any atom is -0.352 e. The maximum absolute atomic E-state index is 6.11. The van der Waals surface area contributed by atoms with Crippen LogP contribution in [0.15, 0.2) is 48.7 Å². The van der Waals surface area contributed by atoms with E-state index in [2.05, 4.69) is 49.0 Å². The summed E-state index contributed by atoms with van der Waals surface area (Å²) in [4.78, 5) is 4.87. The largest absolute Gasteiger partial charge is 0.352 e. The number of hydrogen-bond donors (Lipinski definition) is 1. The molecule has 1 aliphatic heterocycles. The van der Waals surface area contributed by atoms with Crippen molar-refractivity contribution in [3.63, 3.8) is 0 Å². The first kappa shape index (κ1) is 19.2. The van der Waals surface area contributed by atoms with E-state index in [4.69, 9.17) is 16.7 Å². The van der Waals surface area contributed by atoms with Gasteiger partial charge in [0.15, 0.2) is 5.82 Å². The van der Waals surface area contributed by atoms with Gasteiger partial charge in [-0.05, 0) is 49.2 Å². The van der Waals surface area contributed by atoms with Crippen LogP contribution in [0.4, 0.5) is 5.82 Å². The average Bonchev–Trinajstić information content (AvgIpc) is 3.37. The molecule has 0 amide bonds. The summed E-state index contributed by atoms with van der Waals surface area (Å²) < 4.78 is 2.06. The monoisotopic (exact) mass is 420 g/mol. The number of nitrogens with zero attached hydrogens (tertiary/aromatic N) is 5. The number of H-pyrrole nitrogens is 1. The van der Waals surface area contributed by atoms with Crippen LogP contribution >= 0.6 is 11.6 Å². The maximum atomic E-state index is 6.11. The number of fused-ring (bicyclic) bond motifs is 1. The molecule has 1 aliphatic carbocycles. The molecule has 0 saturated carbocycles. The molecule has 1 aromatic carbocycles. The molecular formula is C23H25ClN6. The fraction of sp³-hybridized carbons (Fsp3) is 0.304. The second kappa shape index (κ2) is 8.50. The van der Waals surface area contributed by atoms with Crippen molar-refractivity contribution in [3.05, 3.63) is 70.0 Å². The van der Waals surface area contributed by atoms with Crippen molar-refractivity contribution in [2.75, 3.05) is 31.1 Å². The second-order valence-corrected chi connectivity index (χ2v) is 8.17. The summed E-state index contributed by atoms with van der Waals surface area (Å²) in [5.74, 6) is 1.06. The van der Waals surface area contributed by atoms with Gasteiger partial charge in [-0.25, -0.2) is 4.68 Å². The number of benzene rings is 1. The molecule has 3 aromatic rings. The Morgan fingerprint density at radius 3 is 2.60 bits per heavy atom. The van der Waals surface area contributed by atoms with Gasteiger partial charge in [-0.3, -0.25) is 10.00 Å². The molecule has 2 aromatic heterocycles. The summed E-state index contributed by atoms with van der Waals surface area (Å²) in [5.41, 5.74) is 2.20. The number of nitrogens with one attached hydrogen (secondary N) is 1. The van der Waals surface area contributed by atoms with Gasteiger partial charge < -0.3 is 4.90 Å². The Bertz CT molecular complexity index is 1140. The average molecular weight is 421 g/mol. The predicted molar refractivity (Wildman–Crippen MR) is 121 cm³/mol. The van der Waals surface area contributed by atoms with Gasteiger partial charge in [0, 0.05) is 54.9 Å². The molecule has 2 aliphatic rings. The third-order valence-electron chi connectivity index (χ3n) is 5.71. The maximum Gasteiger partial charge on any atom is 0.159 e. The molecule has 0 radical (unpaired) electrons. The first-order valence-electron chi connectivity index (χ1n) is 10.5. The molecule has 6 nitrogen and oxygen atoms in total. The molecule has 1 fully saturated rings. The third kappa shape index (κ3) is 3.93. The number of anilines is 1. The normalized spacial score (nSPS) is 17.0. The van der Waals surface area contributed by atoms with Gasteiger partial charge >= 0.3 is 0 Å². The van der Waals surface area contributed by atoms with Crippen molar-refractivity contribution in [2.24, 2.45) is 0 Å². The summed E-state index contributed by atoms with van der Waals surface area (Å²) in [6.45, 7) is 4.82. The Balaban J connectivity index is 1.46. The van der Waals surface area contributed by atoms with Crippen LogP contribution in [0.5, 0.6) is 0 Å². The SMILES string of the molecule is Clc1ccc(-n2nc(N3CCN(Cc4ccn[nH]4)CC3)c3c2=CCCC=CC=3)cc1. The molecule has 154 valence electrons. The van der Waals surface area contributed by atoms with E-state index in [9.17, 15) is 0 Å². The molecule has 1 N–H and O–H groups in total. The van der Waals surface area contributed by atoms with Crippen LogP contribution in [0.25, 0.3) is 17.8 Å². The number of halogens is 1. The highest BCUT2D eigenvalue weighted by atomic mass is 35.5. The van der Waals surface area contributed by atoms with Crippen molar-refractivity contribution in [1.82, 2.24) is 24.9 Å². The lowest BCUT2D eigenvalue weighted by Gasteiger charge is -2.34. The van der Waals surface area contributed by atoms with Gasteiger partial charge in [-0.15, -0.1) is 5.10 Å². The van der Waals surface area contributed by atoms with Crippen LogP contribution in [-0.4, -0.2) is 51.1 Å². The van der Waals surface area contributed by atoms with Crippen LogP contribution in [0.3, 0.4) is 0 Å². The smallest absolute Gasteiger partial charge is 0.159 e. The lowest BCUT2D eigenvalue weighted by Crippen LogP contribution is -2.47. The van der Waals surface area contributed by atoms with Crippen LogP contribution in [0.2, 0.25) is 5.02 Å². The Morgan fingerprint density at radius 1 is 1.00 bits per heavy atom. The lowest BCUT2D eigenvalue weighted by atomic mass is 10.2. The van der Waals surface area contributed by atoms with Crippen molar-refractivity contribution >= 4 is 29.6 Å². The molecule has 0 bridgehead atoms. The van der Waals surface area contributed by atoms with Crippen LogP contribution in [-0.2, 0) is 6.54 Å². The first-order valence-corrected chi connectivity index (χ1v) is 10.8. The highest BCUT2D eigenvalue weighted by molar-refractivity contribution is 6.30. The van der Waals surface area contributed by atoms with Gasteiger partial charge in [0.25, 0.3) is 0 Å². The van der Waals surface area contributed by atoms with Crippen molar-refractivity contribution in [3.8, 4) is 5.69 Å². The Hall–Kier alpha value is -2.83. The Kier molecular flexibility index (Phi) is 5.43. The highest BCUT2D eigenvalue weighted by Crippen LogP contribution is 2.15. The molecule has 7 heteroatoms. The third-order valence-corrected chi connectivity index (χ3v) is 5.96. The standard InChI is InChI=1S/C23H25ClN6/c24-18-7-9-20(10-8-18)30-22-6-4-2-1-3-5-21(22)23(27-30)29-15-13-28(14-16-29)17-19-11-12-25-26-19/h1,3,5-12H,2,4,13-17H2,(H,25,26). The van der Waals surface area contributed by atoms with E-state index in [0.29, 0.717) is 0 Å². The number of rotatable bonds is 4. The number of aromatic nitrogens is 4. The molecule has 0 unspecified atom stereocenters. The van der Waals surface area contributed by atoms with Gasteiger partial charge in [-0.1, -0.05) is 29.8 Å². The summed E-state index contributed by atoms with van der Waals surface area (Å²) in [6, 6.07) is 9.95. The van der Waals surface area contributed by atoms with Crippen LogP contribution in [0.1, 0.15) is 18.5 Å². The van der Waals surface area contributed by atoms with Crippen molar-refractivity contribution in [1.29, 1.82) is 0 Å². The fourth-order valence-corrected chi connectivity index (χ4v) is 4.23. The Labute approximate surface area is 180 Å². The van der Waals surface area contributed by atoms with Gasteiger partial charge in [0.05, 0.1) is 11.0 Å². The zero-order valence-electron chi connectivity index (χ0n) is 16.8. The minimum atomic E-state index is 0.737. The summed E-state index contributed by atoms with van der Waals surface area (Å²) >= 11 is 6.11. The van der Waals surface area contributed by atoms with E-state index in [1.807, 2.05) is 36.5 Å². The van der Waals surface area contributed by atoms with E-state index in [0.717, 1.165) is 73.1 Å². The van der Waals surface area contributed by atoms with Crippen LogP contribution in [0, 0.1) is 0 Å². The molecule has 0 spiro atoms. The van der Waals surface area contributed by atoms with Gasteiger partial charge in [-0.2, -0.15) is 5.10 Å². The molecule has 1 saturated heterocycles. The van der Waals surface area contributed by atoms with Crippen LogP contribution < -0.4 is 15.5 Å². The number of hydrogen-bond acceptors (Lipinski definition) is 4. The molecule has 5 rings (SSSR count). The topological polar surface area (TPSA) is 53.0 Å². The summed E-state index contributed by atoms with van der Waals surface area (Å²) in [5, 5.41) is 15.3. The zero-order chi connectivity index (χ0) is 20.3. The van der Waals surface area contributed by atoms with Crippen molar-refractivity contribution in [2.45, 2.75) is 19.4 Å². The summed E-state index contributed by atoms with van der Waals surface area (Å²) in [7, 11) is 0. The van der Waals surface area contributed by atoms with Crippen molar-refractivity contribution < 1.29 is 0 Å². The number of allylic oxidation sites excluding steroid dienone is 2. The van der Waals surface area contributed by atoms with E-state index in [-0.39, 0.29) is 0 Å². The minimum absolute atomic E-state index is 0.737. The molecule has 3 heterocycles. The zero-order valence-corrected chi connectivity index (χ0v) is 17.6. The highest BCUT2D eigenvalue weighted by Gasteiger charge is 2.21. The van der Waals surface area contributed by atoms with E-state index in [1.165, 1.54) is 5.22 Å². The predicted octanol–water partition coefficient (Wildman–Crippen LogP) is 2.48. The Morgan fingerprint density at radius 2 is 1.83 bits per heavy atom. The van der Waals surface area contributed by atoms with Gasteiger partial charge in [0.2, 0.25) is 0 Å². The molecule has 0 atom stereocenters. The second-order valence-electron chi connectivity index (χ2n) is 7.73. The first-order chi connectivity index (χ1) is 14.8. The fourth-order valence-electron chi connectivity index (χ4n) is 4.11. The summed E-state index contributed by atoms with van der Waals surface area (Å²) in [6.07, 6.45) is 12.8. The van der Waals surface area contributed by atoms with E-state index in [1.54, 1.807) is 0 Å². The number of piperazine rings is 1. The molecule has 30 heavy (non-hydrogen) atoms. The lowest BCUT2D eigenvalue weighted by molar-refractivity contribution is 0.246. The van der Waals surface area contributed by atoms with Gasteiger partial charge in [0.1, 0.15) is 0 Å².